The molecule has 1 aromatic carbocycles. The molecule has 2 aromatic rings. The molecular formula is C10H11ClN2S. The van der Waals surface area contributed by atoms with E-state index in [1.165, 1.54) is 0 Å². The van der Waals surface area contributed by atoms with Crippen molar-refractivity contribution in [2.75, 3.05) is 6.54 Å². The molecule has 0 aliphatic rings. The van der Waals surface area contributed by atoms with Crippen LogP contribution >= 0.6 is 22.9 Å². The van der Waals surface area contributed by atoms with Crippen LogP contribution in [0.25, 0.3) is 10.1 Å². The van der Waals surface area contributed by atoms with E-state index in [0.717, 1.165) is 20.0 Å². The quantitative estimate of drug-likeness (QED) is 0.827. The molecule has 0 amide bonds. The first kappa shape index (κ1) is 9.93. The van der Waals surface area contributed by atoms with Gasteiger partial charge in [0.15, 0.2) is 0 Å². The number of benzene rings is 1. The minimum atomic E-state index is -0.0801. The molecule has 2 rings (SSSR count). The van der Waals surface area contributed by atoms with E-state index in [2.05, 4.69) is 0 Å². The number of fused-ring (bicyclic) bond motifs is 1. The van der Waals surface area contributed by atoms with E-state index < -0.39 is 0 Å². The Balaban J connectivity index is 2.56. The van der Waals surface area contributed by atoms with E-state index in [1.54, 1.807) is 11.3 Å². The summed E-state index contributed by atoms with van der Waals surface area (Å²) in [5.41, 5.74) is 11.4. The second kappa shape index (κ2) is 3.87. The van der Waals surface area contributed by atoms with E-state index in [9.17, 15) is 0 Å². The maximum atomic E-state index is 6.05. The Morgan fingerprint density at radius 1 is 1.43 bits per heavy atom. The molecule has 74 valence electrons. The monoisotopic (exact) mass is 226 g/mol. The van der Waals surface area contributed by atoms with Crippen LogP contribution in [-0.2, 0) is 0 Å². The van der Waals surface area contributed by atoms with Crippen molar-refractivity contribution in [1.82, 2.24) is 0 Å². The molecule has 0 radical (unpaired) electrons. The molecule has 0 spiro atoms. The molecule has 4 heteroatoms. The lowest BCUT2D eigenvalue weighted by molar-refractivity contribution is 0.752. The topological polar surface area (TPSA) is 52.0 Å². The van der Waals surface area contributed by atoms with Gasteiger partial charge in [0.2, 0.25) is 0 Å². The van der Waals surface area contributed by atoms with Gasteiger partial charge in [-0.15, -0.1) is 11.3 Å². The first-order valence-electron chi connectivity index (χ1n) is 4.36. The highest BCUT2D eigenvalue weighted by molar-refractivity contribution is 7.19. The standard InChI is InChI=1S/C10H11ClN2S/c11-7-2-1-3-9-6(7)4-10(14-9)8(13)5-12/h1-4,8H,5,12-13H2/t8-/m0/s1. The first-order valence-corrected chi connectivity index (χ1v) is 5.55. The molecule has 1 atom stereocenters. The van der Waals surface area contributed by atoms with Crippen molar-refractivity contribution in [2.45, 2.75) is 6.04 Å². The van der Waals surface area contributed by atoms with E-state index in [0.29, 0.717) is 6.54 Å². The molecule has 4 N–H and O–H groups in total. The fourth-order valence-corrected chi connectivity index (χ4v) is 2.73. The van der Waals surface area contributed by atoms with Crippen molar-refractivity contribution >= 4 is 33.0 Å². The Morgan fingerprint density at radius 2 is 2.21 bits per heavy atom. The van der Waals surface area contributed by atoms with E-state index in [4.69, 9.17) is 23.1 Å². The molecule has 0 fully saturated rings. The van der Waals surface area contributed by atoms with Gasteiger partial charge in [0.25, 0.3) is 0 Å². The van der Waals surface area contributed by atoms with Crippen molar-refractivity contribution in [2.24, 2.45) is 11.5 Å². The van der Waals surface area contributed by atoms with Crippen LogP contribution in [-0.4, -0.2) is 6.54 Å². The summed E-state index contributed by atoms with van der Waals surface area (Å²) >= 11 is 7.71. The zero-order valence-corrected chi connectivity index (χ0v) is 9.11. The summed E-state index contributed by atoms with van der Waals surface area (Å²) < 4.78 is 1.16. The lowest BCUT2D eigenvalue weighted by Crippen LogP contribution is -2.19. The molecular weight excluding hydrogens is 216 g/mol. The number of hydrogen-bond donors (Lipinski definition) is 2. The fourth-order valence-electron chi connectivity index (χ4n) is 1.34. The van der Waals surface area contributed by atoms with Gasteiger partial charge in [-0.05, 0) is 18.2 Å². The van der Waals surface area contributed by atoms with Crippen LogP contribution < -0.4 is 11.5 Å². The normalized spacial score (nSPS) is 13.4. The molecule has 0 unspecified atom stereocenters. The average Bonchev–Trinajstić information content (AvgIpc) is 2.62. The zero-order chi connectivity index (χ0) is 10.1. The average molecular weight is 227 g/mol. The van der Waals surface area contributed by atoms with Gasteiger partial charge in [-0.2, -0.15) is 0 Å². The molecule has 1 aromatic heterocycles. The largest absolute Gasteiger partial charge is 0.329 e. The van der Waals surface area contributed by atoms with Crippen LogP contribution in [0.2, 0.25) is 5.02 Å². The maximum absolute atomic E-state index is 6.05. The summed E-state index contributed by atoms with van der Waals surface area (Å²) in [7, 11) is 0. The number of thiophene rings is 1. The Bertz CT molecular complexity index is 452. The molecule has 14 heavy (non-hydrogen) atoms. The van der Waals surface area contributed by atoms with Gasteiger partial charge in [-0.25, -0.2) is 0 Å². The van der Waals surface area contributed by atoms with Crippen molar-refractivity contribution in [3.63, 3.8) is 0 Å². The minimum absolute atomic E-state index is 0.0801. The summed E-state index contributed by atoms with van der Waals surface area (Å²) in [6.45, 7) is 0.463. The molecule has 1 heterocycles. The van der Waals surface area contributed by atoms with Crippen molar-refractivity contribution in [1.29, 1.82) is 0 Å². The summed E-state index contributed by atoms with van der Waals surface area (Å²) in [5.74, 6) is 0. The molecule has 0 aliphatic carbocycles. The van der Waals surface area contributed by atoms with Crippen LogP contribution in [0.1, 0.15) is 10.9 Å². The van der Waals surface area contributed by atoms with E-state index in [1.807, 2.05) is 24.3 Å². The lowest BCUT2D eigenvalue weighted by atomic mass is 10.2. The summed E-state index contributed by atoms with van der Waals surface area (Å²) in [4.78, 5) is 1.09. The van der Waals surface area contributed by atoms with Crippen molar-refractivity contribution in [3.8, 4) is 0 Å². The van der Waals surface area contributed by atoms with E-state index >= 15 is 0 Å². The maximum Gasteiger partial charge on any atom is 0.0514 e. The minimum Gasteiger partial charge on any atom is -0.329 e. The van der Waals surface area contributed by atoms with Crippen molar-refractivity contribution in [3.05, 3.63) is 34.2 Å². The predicted octanol–water partition coefficient (Wildman–Crippen LogP) is 2.51. The van der Waals surface area contributed by atoms with Gasteiger partial charge >= 0.3 is 0 Å². The SMILES string of the molecule is NC[C@H](N)c1cc2c(Cl)cccc2s1. The highest BCUT2D eigenvalue weighted by Gasteiger charge is 2.09. The van der Waals surface area contributed by atoms with Crippen LogP contribution in [0.3, 0.4) is 0 Å². The molecule has 2 nitrogen and oxygen atoms in total. The van der Waals surface area contributed by atoms with Crippen LogP contribution in [0.5, 0.6) is 0 Å². The summed E-state index contributed by atoms with van der Waals surface area (Å²) in [5, 5.41) is 1.84. The zero-order valence-electron chi connectivity index (χ0n) is 7.53. The third kappa shape index (κ3) is 1.64. The Morgan fingerprint density at radius 3 is 2.86 bits per heavy atom. The molecule has 0 saturated heterocycles. The number of hydrogen-bond acceptors (Lipinski definition) is 3. The van der Waals surface area contributed by atoms with Gasteiger partial charge in [0.1, 0.15) is 0 Å². The Kier molecular flexibility index (Phi) is 2.74. The van der Waals surface area contributed by atoms with Gasteiger partial charge in [0.05, 0.1) is 6.04 Å². The van der Waals surface area contributed by atoms with Gasteiger partial charge < -0.3 is 11.5 Å². The smallest absolute Gasteiger partial charge is 0.0514 e. The van der Waals surface area contributed by atoms with Gasteiger partial charge in [0, 0.05) is 26.5 Å². The second-order valence-corrected chi connectivity index (χ2v) is 4.67. The lowest BCUT2D eigenvalue weighted by Gasteiger charge is -2.03. The Hall–Kier alpha value is -0.610. The Labute approximate surface area is 91.5 Å². The molecule has 0 aliphatic heterocycles. The summed E-state index contributed by atoms with van der Waals surface area (Å²) in [6, 6.07) is 7.81. The highest BCUT2D eigenvalue weighted by Crippen LogP contribution is 2.33. The fraction of sp³-hybridized carbons (Fsp3) is 0.200. The van der Waals surface area contributed by atoms with E-state index in [-0.39, 0.29) is 6.04 Å². The third-order valence-corrected chi connectivity index (χ3v) is 3.71. The second-order valence-electron chi connectivity index (χ2n) is 3.14. The van der Waals surface area contributed by atoms with Gasteiger partial charge in [-0.3, -0.25) is 0 Å². The number of rotatable bonds is 2. The van der Waals surface area contributed by atoms with Crippen LogP contribution in [0, 0.1) is 0 Å². The first-order chi connectivity index (χ1) is 6.72. The third-order valence-electron chi connectivity index (χ3n) is 2.15. The molecule has 0 bridgehead atoms. The summed E-state index contributed by atoms with van der Waals surface area (Å²) in [6.07, 6.45) is 0. The predicted molar refractivity (Wildman–Crippen MR) is 62.8 cm³/mol. The van der Waals surface area contributed by atoms with Gasteiger partial charge in [-0.1, -0.05) is 17.7 Å². The highest BCUT2D eigenvalue weighted by atomic mass is 35.5. The molecule has 0 saturated carbocycles. The number of nitrogens with two attached hydrogens (primary N) is 2. The van der Waals surface area contributed by atoms with Crippen LogP contribution in [0.4, 0.5) is 0 Å². The van der Waals surface area contributed by atoms with Crippen molar-refractivity contribution < 1.29 is 0 Å². The van der Waals surface area contributed by atoms with Crippen LogP contribution in [0.15, 0.2) is 24.3 Å². The number of halogens is 1.